The Morgan fingerprint density at radius 2 is 1.97 bits per heavy atom. The Labute approximate surface area is 172 Å². The lowest BCUT2D eigenvalue weighted by molar-refractivity contribution is -0.166. The zero-order chi connectivity index (χ0) is 21.6. The lowest BCUT2D eigenvalue weighted by atomic mass is 9.67. The first-order valence-corrected chi connectivity index (χ1v) is 10.3. The van der Waals surface area contributed by atoms with Gasteiger partial charge in [0.05, 0.1) is 24.7 Å². The average molecular weight is 411 g/mol. The predicted molar refractivity (Wildman–Crippen MR) is 106 cm³/mol. The molecule has 3 rings (SSSR count). The van der Waals surface area contributed by atoms with Gasteiger partial charge in [0.15, 0.2) is 0 Å². The van der Waals surface area contributed by atoms with Crippen LogP contribution in [0.1, 0.15) is 40.5 Å². The van der Waals surface area contributed by atoms with Gasteiger partial charge >= 0.3 is 5.97 Å². The van der Waals surface area contributed by atoms with Gasteiger partial charge in [-0.15, -0.1) is 0 Å². The third-order valence-electron chi connectivity index (χ3n) is 6.62. The molecule has 8 unspecified atom stereocenters. The Morgan fingerprint density at radius 3 is 2.48 bits per heavy atom. The van der Waals surface area contributed by atoms with E-state index in [4.69, 9.17) is 18.9 Å². The fraction of sp³-hybridized carbons (Fsp3) is 0.773. The van der Waals surface area contributed by atoms with Crippen LogP contribution in [0, 0.1) is 11.8 Å². The highest BCUT2D eigenvalue weighted by Crippen LogP contribution is 2.60. The summed E-state index contributed by atoms with van der Waals surface area (Å²) < 4.78 is 23.5. The summed E-state index contributed by atoms with van der Waals surface area (Å²) in [6, 6.07) is 0. The molecule has 2 N–H and O–H groups in total. The molecule has 0 aromatic rings. The van der Waals surface area contributed by atoms with Gasteiger partial charge < -0.3 is 29.2 Å². The number of carbonyl (C=O) groups excluding carboxylic acids is 1. The summed E-state index contributed by atoms with van der Waals surface area (Å²) in [6.45, 7) is 12.6. The van der Waals surface area contributed by atoms with Crippen molar-refractivity contribution >= 4 is 5.97 Å². The van der Waals surface area contributed by atoms with Crippen molar-refractivity contribution in [2.45, 2.75) is 82.3 Å². The van der Waals surface area contributed by atoms with Gasteiger partial charge in [0.25, 0.3) is 0 Å². The molecule has 1 saturated carbocycles. The molecule has 3 aliphatic rings. The van der Waals surface area contributed by atoms with Crippen LogP contribution in [0.25, 0.3) is 0 Å². The van der Waals surface area contributed by atoms with Crippen LogP contribution in [0.4, 0.5) is 0 Å². The van der Waals surface area contributed by atoms with Crippen molar-refractivity contribution in [1.82, 2.24) is 0 Å². The van der Waals surface area contributed by atoms with Crippen molar-refractivity contribution in [3.05, 3.63) is 24.3 Å². The van der Waals surface area contributed by atoms with E-state index < -0.39 is 29.9 Å². The largest absolute Gasteiger partial charge is 0.456 e. The van der Waals surface area contributed by atoms with E-state index >= 15 is 0 Å². The summed E-state index contributed by atoms with van der Waals surface area (Å²) >= 11 is 0. The van der Waals surface area contributed by atoms with E-state index in [0.29, 0.717) is 18.9 Å². The zero-order valence-corrected chi connectivity index (χ0v) is 18.0. The summed E-state index contributed by atoms with van der Waals surface area (Å²) in [5.74, 6) is -0.353. The highest BCUT2D eigenvalue weighted by atomic mass is 16.6. The number of aliphatic hydroxyl groups is 2. The molecule has 3 fully saturated rings. The van der Waals surface area contributed by atoms with Crippen molar-refractivity contribution in [3.63, 3.8) is 0 Å². The number of epoxide rings is 2. The number of hydrogen-bond donors (Lipinski definition) is 2. The fourth-order valence-corrected chi connectivity index (χ4v) is 4.63. The average Bonchev–Trinajstić information content (AvgIpc) is 3.57. The number of esters is 1. The number of hydrogen-bond acceptors (Lipinski definition) is 7. The van der Waals surface area contributed by atoms with E-state index in [9.17, 15) is 15.0 Å². The molecule has 2 heterocycles. The molecule has 2 aliphatic heterocycles. The lowest BCUT2D eigenvalue weighted by Crippen LogP contribution is -2.55. The van der Waals surface area contributed by atoms with Crippen molar-refractivity contribution < 1.29 is 34.0 Å². The minimum Gasteiger partial charge on any atom is -0.456 e. The molecule has 2 saturated heterocycles. The SMILES string of the molecule is C=C(C(C)C)C1OC1(C)C1C(OC)C(OC(=O)C=CC(O)C(C)O)CCC12CO2. The molecular weight excluding hydrogens is 376 g/mol. The number of rotatable bonds is 8. The standard InChI is InChI=1S/C22H34O7/c1-12(2)13(3)20-21(5,29-20)19-18(26-6)16(9-10-22(19)11-27-22)28-17(25)8-7-15(24)14(4)23/h7-8,12,14-16,18-20,23-24H,3,9-11H2,1-2,4-6H3. The van der Waals surface area contributed by atoms with Crippen LogP contribution in [0.3, 0.4) is 0 Å². The van der Waals surface area contributed by atoms with E-state index in [2.05, 4.69) is 27.4 Å². The van der Waals surface area contributed by atoms with Gasteiger partial charge in [0.2, 0.25) is 0 Å². The van der Waals surface area contributed by atoms with E-state index in [1.165, 1.54) is 13.0 Å². The molecule has 164 valence electrons. The number of methoxy groups -OCH3 is 1. The molecule has 0 radical (unpaired) electrons. The highest BCUT2D eigenvalue weighted by molar-refractivity contribution is 5.82. The smallest absolute Gasteiger partial charge is 0.330 e. The van der Waals surface area contributed by atoms with Gasteiger partial charge in [0, 0.05) is 13.2 Å². The third-order valence-corrected chi connectivity index (χ3v) is 6.62. The van der Waals surface area contributed by atoms with Crippen LogP contribution in [0.15, 0.2) is 24.3 Å². The van der Waals surface area contributed by atoms with E-state index in [1.54, 1.807) is 7.11 Å². The maximum Gasteiger partial charge on any atom is 0.330 e. The van der Waals surface area contributed by atoms with Crippen LogP contribution in [-0.2, 0) is 23.7 Å². The molecule has 0 amide bonds. The van der Waals surface area contributed by atoms with Gasteiger partial charge in [-0.2, -0.15) is 0 Å². The Bertz CT molecular complexity index is 666. The normalized spacial score (nSPS) is 40.8. The molecule has 0 bridgehead atoms. The topological polar surface area (TPSA) is 101 Å². The van der Waals surface area contributed by atoms with Crippen LogP contribution < -0.4 is 0 Å². The Kier molecular flexibility index (Phi) is 6.28. The maximum absolute atomic E-state index is 12.3. The Morgan fingerprint density at radius 1 is 1.31 bits per heavy atom. The van der Waals surface area contributed by atoms with Crippen molar-refractivity contribution in [1.29, 1.82) is 0 Å². The summed E-state index contributed by atoms with van der Waals surface area (Å²) in [4.78, 5) is 12.3. The second kappa shape index (κ2) is 8.12. The van der Waals surface area contributed by atoms with Gasteiger partial charge in [-0.3, -0.25) is 0 Å². The van der Waals surface area contributed by atoms with Gasteiger partial charge in [-0.1, -0.05) is 20.4 Å². The monoisotopic (exact) mass is 410 g/mol. The van der Waals surface area contributed by atoms with Crippen LogP contribution in [-0.4, -0.2) is 71.6 Å². The first-order valence-electron chi connectivity index (χ1n) is 10.3. The summed E-state index contributed by atoms with van der Waals surface area (Å²) in [6.07, 6.45) is 0.787. The summed E-state index contributed by atoms with van der Waals surface area (Å²) in [5, 5.41) is 19.0. The fourth-order valence-electron chi connectivity index (χ4n) is 4.63. The number of carbonyl (C=O) groups is 1. The molecule has 7 nitrogen and oxygen atoms in total. The van der Waals surface area contributed by atoms with Crippen molar-refractivity contribution in [3.8, 4) is 0 Å². The first kappa shape index (κ1) is 22.4. The van der Waals surface area contributed by atoms with Gasteiger partial charge in [-0.25, -0.2) is 4.79 Å². The van der Waals surface area contributed by atoms with Gasteiger partial charge in [-0.05, 0) is 44.3 Å². The van der Waals surface area contributed by atoms with E-state index in [-0.39, 0.29) is 23.7 Å². The number of aliphatic hydroxyl groups excluding tert-OH is 2. The molecule has 1 spiro atoms. The van der Waals surface area contributed by atoms with Crippen LogP contribution in [0.5, 0.6) is 0 Å². The third kappa shape index (κ3) is 4.30. The highest BCUT2D eigenvalue weighted by Gasteiger charge is 2.73. The molecular formula is C22H34O7. The molecule has 7 heteroatoms. The molecule has 8 atom stereocenters. The second-order valence-corrected chi connectivity index (χ2v) is 9.05. The molecule has 1 aliphatic carbocycles. The first-order chi connectivity index (χ1) is 13.6. The van der Waals surface area contributed by atoms with Crippen LogP contribution >= 0.6 is 0 Å². The van der Waals surface area contributed by atoms with Gasteiger partial charge in [0.1, 0.15) is 29.5 Å². The number of ether oxygens (including phenoxy) is 4. The van der Waals surface area contributed by atoms with E-state index in [0.717, 1.165) is 18.1 Å². The quantitative estimate of drug-likeness (QED) is 0.272. The van der Waals surface area contributed by atoms with E-state index in [1.807, 2.05) is 0 Å². The molecule has 29 heavy (non-hydrogen) atoms. The van der Waals surface area contributed by atoms with Crippen molar-refractivity contribution in [2.24, 2.45) is 11.8 Å². The minimum atomic E-state index is -1.12. The summed E-state index contributed by atoms with van der Waals surface area (Å²) in [7, 11) is 1.62. The summed E-state index contributed by atoms with van der Waals surface area (Å²) in [5.41, 5.74) is 0.275. The lowest BCUT2D eigenvalue weighted by Gasteiger charge is -2.42. The molecule has 0 aromatic carbocycles. The Balaban J connectivity index is 1.74. The molecule has 0 aromatic heterocycles. The van der Waals surface area contributed by atoms with Crippen LogP contribution in [0.2, 0.25) is 0 Å². The minimum absolute atomic E-state index is 0.0678. The second-order valence-electron chi connectivity index (χ2n) is 9.05. The Hall–Kier alpha value is -1.25. The predicted octanol–water partition coefficient (Wildman–Crippen LogP) is 1.76. The zero-order valence-electron chi connectivity index (χ0n) is 18.0. The maximum atomic E-state index is 12.3. The van der Waals surface area contributed by atoms with Crippen molar-refractivity contribution in [2.75, 3.05) is 13.7 Å².